The van der Waals surface area contributed by atoms with Crippen molar-refractivity contribution in [1.82, 2.24) is 0 Å². The molecule has 1 radical (unpaired) electrons. The number of carbonyl (C=O) groups is 1. The maximum Gasteiger partial charge on any atom is 2.00 e. The Morgan fingerprint density at radius 3 is 2.20 bits per heavy atom. The average molecular weight is 274 g/mol. The molecule has 4 nitrogen and oxygen atoms in total. The van der Waals surface area contributed by atoms with Crippen molar-refractivity contribution in [3.8, 4) is 5.75 Å². The maximum atomic E-state index is 10.7. The minimum atomic E-state index is -0.683. The first-order chi connectivity index (χ1) is 6.09. The number of carbonyl (C=O) groups excluding carboxylic acids is 1. The van der Waals surface area contributed by atoms with Crippen LogP contribution in [0.25, 0.3) is 0 Å². The van der Waals surface area contributed by atoms with Crippen LogP contribution in [0.15, 0.2) is 24.3 Å². The smallest absolute Gasteiger partial charge is 1.00 e. The number of hydrogen-bond acceptors (Lipinski definition) is 3. The summed E-state index contributed by atoms with van der Waals surface area (Å²) in [6, 6.07) is 5.47. The van der Waals surface area contributed by atoms with E-state index in [1.807, 2.05) is 0 Å². The summed E-state index contributed by atoms with van der Waals surface area (Å²) < 4.78 is 0. The second-order valence-electron chi connectivity index (χ2n) is 2.86. The van der Waals surface area contributed by atoms with Gasteiger partial charge in [0, 0.05) is 0 Å². The summed E-state index contributed by atoms with van der Waals surface area (Å²) in [5, 5.41) is 10.7. The van der Waals surface area contributed by atoms with Crippen LogP contribution in [-0.4, -0.2) is 11.9 Å². The first kappa shape index (κ1) is 16.7. The van der Waals surface area contributed by atoms with Crippen LogP contribution in [0.1, 0.15) is 5.56 Å². The van der Waals surface area contributed by atoms with Crippen LogP contribution in [0.2, 0.25) is 0 Å². The summed E-state index contributed by atoms with van der Waals surface area (Å²) in [6.07, 6.45) is 0.371. The van der Waals surface area contributed by atoms with E-state index in [0.29, 0.717) is 6.42 Å². The summed E-state index contributed by atoms with van der Waals surface area (Å²) in [5.41, 5.74) is 11.3. The van der Waals surface area contributed by atoms with Crippen LogP contribution in [0.5, 0.6) is 5.75 Å². The molecule has 1 amide bonds. The van der Waals surface area contributed by atoms with Gasteiger partial charge in [0.2, 0.25) is 5.91 Å². The molecule has 0 fully saturated rings. The number of rotatable bonds is 3. The number of hydrogen-bond donors (Lipinski definition) is 2. The third kappa shape index (κ3) is 5.63. The van der Waals surface area contributed by atoms with E-state index in [1.54, 1.807) is 12.1 Å². The zero-order valence-corrected chi connectivity index (χ0v) is 9.57. The van der Waals surface area contributed by atoms with E-state index in [2.05, 4.69) is 0 Å². The Morgan fingerprint density at radius 2 is 1.80 bits per heavy atom. The molecule has 0 heterocycles. The van der Waals surface area contributed by atoms with Crippen molar-refractivity contribution in [2.24, 2.45) is 11.5 Å². The molecule has 0 unspecified atom stereocenters. The Morgan fingerprint density at radius 1 is 1.33 bits per heavy atom. The molecule has 1 aromatic rings. The monoisotopic (exact) mass is 273 g/mol. The number of nitrogens with two attached hydrogens (primary N) is 2. The number of amides is 1. The maximum absolute atomic E-state index is 10.7. The van der Waals surface area contributed by atoms with Crippen LogP contribution >= 0.6 is 0 Å². The summed E-state index contributed by atoms with van der Waals surface area (Å²) in [6.45, 7) is 0. The normalized spacial score (nSPS) is 10.7. The molecule has 0 bridgehead atoms. The number of halogens is 1. The quantitative estimate of drug-likeness (QED) is 0.590. The fraction of sp³-hybridized carbons (Fsp3) is 0.222. The molecule has 0 spiro atoms. The minimum absolute atomic E-state index is 0. The molecule has 0 aliphatic carbocycles. The first-order valence-electron chi connectivity index (χ1n) is 3.90. The summed E-state index contributed by atoms with van der Waals surface area (Å²) in [4.78, 5) is 10.6. The van der Waals surface area contributed by atoms with Gasteiger partial charge in [-0.15, -0.1) is 5.75 Å². The van der Waals surface area contributed by atoms with E-state index >= 15 is 0 Å². The second-order valence-corrected chi connectivity index (χ2v) is 2.86. The Bertz CT molecular complexity index is 305. The van der Waals surface area contributed by atoms with Gasteiger partial charge in [0.1, 0.15) is 0 Å². The first-order valence-corrected chi connectivity index (χ1v) is 3.90. The van der Waals surface area contributed by atoms with Gasteiger partial charge in [-0.1, -0.05) is 24.3 Å². The van der Waals surface area contributed by atoms with Crippen LogP contribution < -0.4 is 29.0 Å². The Kier molecular flexibility index (Phi) is 8.36. The van der Waals surface area contributed by atoms with Crippen molar-refractivity contribution in [3.05, 3.63) is 29.8 Å². The van der Waals surface area contributed by atoms with Gasteiger partial charge in [-0.3, -0.25) is 4.79 Å². The zero-order valence-electron chi connectivity index (χ0n) is 7.78. The zero-order chi connectivity index (χ0) is 9.84. The topological polar surface area (TPSA) is 92.2 Å². The van der Waals surface area contributed by atoms with Crippen LogP contribution in [0, 0.1) is 0 Å². The second kappa shape index (κ2) is 7.53. The molecule has 0 aliphatic heterocycles. The molecule has 1 atom stereocenters. The van der Waals surface area contributed by atoms with Gasteiger partial charge in [-0.25, -0.2) is 0 Å². The van der Waals surface area contributed by atoms with Gasteiger partial charge in [0.05, 0.1) is 6.04 Å². The van der Waals surface area contributed by atoms with Crippen molar-refractivity contribution in [3.63, 3.8) is 0 Å². The molecule has 1 aromatic carbocycles. The van der Waals surface area contributed by atoms with Gasteiger partial charge >= 0.3 is 16.8 Å². The molecular formula is C9H11ClCoN2O2. The standard InChI is InChI=1S/C9H12N2O2.ClH.Co/c10-8(9(11)13)5-6-1-3-7(12)4-2-6;;/h1-4,8,12H,5,10H2,(H2,11,13);1H;/q;;+2/p-2/t8-;;/m0../s1. The van der Waals surface area contributed by atoms with Crippen molar-refractivity contribution >= 4 is 5.91 Å². The fourth-order valence-corrected chi connectivity index (χ4v) is 0.980. The van der Waals surface area contributed by atoms with E-state index < -0.39 is 11.9 Å². The summed E-state index contributed by atoms with van der Waals surface area (Å²) >= 11 is 0. The molecule has 0 saturated heterocycles. The van der Waals surface area contributed by atoms with Crippen LogP contribution in [0.4, 0.5) is 0 Å². The van der Waals surface area contributed by atoms with Crippen molar-refractivity contribution in [2.75, 3.05) is 0 Å². The summed E-state index contributed by atoms with van der Waals surface area (Å²) in [5.74, 6) is -0.595. The van der Waals surface area contributed by atoms with E-state index in [1.165, 1.54) is 12.1 Å². The van der Waals surface area contributed by atoms with Gasteiger partial charge in [0.25, 0.3) is 0 Å². The molecule has 15 heavy (non-hydrogen) atoms. The van der Waals surface area contributed by atoms with Crippen molar-refractivity contribution in [2.45, 2.75) is 12.5 Å². The van der Waals surface area contributed by atoms with Gasteiger partial charge < -0.3 is 29.0 Å². The molecule has 0 aromatic heterocycles. The average Bonchev–Trinajstić information content (AvgIpc) is 2.08. The summed E-state index contributed by atoms with van der Waals surface area (Å²) in [7, 11) is 0. The van der Waals surface area contributed by atoms with Crippen molar-refractivity contribution in [1.29, 1.82) is 0 Å². The molecule has 0 saturated carbocycles. The van der Waals surface area contributed by atoms with E-state index in [0.717, 1.165) is 5.56 Å². The predicted octanol–water partition coefficient (Wildman–Crippen LogP) is -3.88. The third-order valence-corrected chi connectivity index (χ3v) is 1.74. The molecule has 1 rings (SSSR count). The predicted molar refractivity (Wildman–Crippen MR) is 46.8 cm³/mol. The van der Waals surface area contributed by atoms with E-state index in [9.17, 15) is 9.90 Å². The Balaban J connectivity index is 0. The molecular weight excluding hydrogens is 262 g/mol. The fourth-order valence-electron chi connectivity index (χ4n) is 0.980. The van der Waals surface area contributed by atoms with E-state index in [-0.39, 0.29) is 34.9 Å². The van der Waals surface area contributed by atoms with Gasteiger partial charge in [0.15, 0.2) is 0 Å². The van der Waals surface area contributed by atoms with Gasteiger partial charge in [-0.2, -0.15) is 0 Å². The molecule has 0 aliphatic rings. The van der Waals surface area contributed by atoms with Gasteiger partial charge in [-0.05, 0) is 12.0 Å². The van der Waals surface area contributed by atoms with E-state index in [4.69, 9.17) is 11.5 Å². The SMILES string of the molecule is NC(=O)[C@@H](N)Cc1ccc([O-])cc1.[Cl-].[Co+2]. The molecule has 4 N–H and O–H groups in total. The number of primary amides is 1. The minimum Gasteiger partial charge on any atom is -1.00 e. The largest absolute Gasteiger partial charge is 2.00 e. The Labute approximate surface area is 105 Å². The van der Waals surface area contributed by atoms with Crippen LogP contribution in [0.3, 0.4) is 0 Å². The Hall–Kier alpha value is -0.754. The number of benzene rings is 1. The molecule has 85 valence electrons. The van der Waals surface area contributed by atoms with Crippen molar-refractivity contribution < 1.29 is 39.1 Å². The third-order valence-electron chi connectivity index (χ3n) is 1.74. The molecule has 6 heteroatoms. The van der Waals surface area contributed by atoms with Crippen LogP contribution in [-0.2, 0) is 28.0 Å².